The van der Waals surface area contributed by atoms with Crippen LogP contribution in [0, 0.1) is 0 Å². The minimum atomic E-state index is -0.153. The lowest BCUT2D eigenvalue weighted by Crippen LogP contribution is -2.12. The molecular weight excluding hydrogens is 335 g/mol. The quantitative estimate of drug-likeness (QED) is 0.672. The van der Waals surface area contributed by atoms with Gasteiger partial charge in [0, 0.05) is 29.4 Å². The molecule has 0 radical (unpaired) electrons. The number of nitrogens with two attached hydrogens (primary N) is 1. The second-order valence-corrected chi connectivity index (χ2v) is 4.96. The molecule has 7 heteroatoms. The van der Waals surface area contributed by atoms with Crippen molar-refractivity contribution in [2.24, 2.45) is 5.73 Å². The summed E-state index contributed by atoms with van der Waals surface area (Å²) in [7, 11) is 0. The molecule has 1 atom stereocenters. The van der Waals surface area contributed by atoms with Gasteiger partial charge in [0.1, 0.15) is 5.65 Å². The Hall–Kier alpha value is -2.08. The third kappa shape index (κ3) is 4.01. The third-order valence-corrected chi connectivity index (χ3v) is 3.41. The SMILES string of the molecule is CC(N)c1ccc(C(=O)Nc2ccnc3[nH]ccc23)cc1.Cl.Cl. The first-order valence-corrected chi connectivity index (χ1v) is 6.74. The molecule has 2 aromatic heterocycles. The number of hydrogen-bond acceptors (Lipinski definition) is 3. The monoisotopic (exact) mass is 352 g/mol. The van der Waals surface area contributed by atoms with Gasteiger partial charge in [0.25, 0.3) is 5.91 Å². The van der Waals surface area contributed by atoms with Crippen molar-refractivity contribution in [3.8, 4) is 0 Å². The number of fused-ring (bicyclic) bond motifs is 1. The van der Waals surface area contributed by atoms with Crippen LogP contribution in [0.15, 0.2) is 48.8 Å². The molecule has 0 aliphatic heterocycles. The van der Waals surface area contributed by atoms with Crippen LogP contribution in [-0.4, -0.2) is 15.9 Å². The van der Waals surface area contributed by atoms with Gasteiger partial charge in [-0.15, -0.1) is 24.8 Å². The molecule has 0 saturated heterocycles. The average molecular weight is 353 g/mol. The Morgan fingerprint density at radius 2 is 1.87 bits per heavy atom. The van der Waals surface area contributed by atoms with E-state index >= 15 is 0 Å². The molecule has 3 aromatic rings. The van der Waals surface area contributed by atoms with E-state index in [0.717, 1.165) is 22.3 Å². The first-order valence-electron chi connectivity index (χ1n) is 6.74. The second-order valence-electron chi connectivity index (χ2n) is 4.96. The second kappa shape index (κ2) is 7.97. The van der Waals surface area contributed by atoms with Crippen molar-refractivity contribution in [2.45, 2.75) is 13.0 Å². The third-order valence-electron chi connectivity index (χ3n) is 3.41. The highest BCUT2D eigenvalue weighted by atomic mass is 35.5. The standard InChI is InChI=1S/C16H16N4O.2ClH/c1-10(17)11-2-4-12(5-3-11)16(21)20-14-7-9-19-15-13(14)6-8-18-15;;/h2-10H,17H2,1H3,(H2,18,19,20,21);2*1H. The van der Waals surface area contributed by atoms with Gasteiger partial charge in [0.2, 0.25) is 0 Å². The topological polar surface area (TPSA) is 83.8 Å². The molecule has 0 spiro atoms. The molecule has 0 saturated carbocycles. The van der Waals surface area contributed by atoms with Gasteiger partial charge in [0.15, 0.2) is 0 Å². The van der Waals surface area contributed by atoms with E-state index in [4.69, 9.17) is 5.73 Å². The highest BCUT2D eigenvalue weighted by Gasteiger charge is 2.09. The molecule has 1 amide bonds. The number of carbonyl (C=O) groups is 1. The molecular formula is C16H18Cl2N4O. The molecule has 0 aliphatic rings. The number of pyridine rings is 1. The van der Waals surface area contributed by atoms with Crippen LogP contribution in [0.25, 0.3) is 11.0 Å². The Balaban J connectivity index is 0.00000132. The fourth-order valence-corrected chi connectivity index (χ4v) is 2.20. The maximum atomic E-state index is 12.3. The molecule has 23 heavy (non-hydrogen) atoms. The van der Waals surface area contributed by atoms with E-state index in [0.29, 0.717) is 5.56 Å². The number of amides is 1. The highest BCUT2D eigenvalue weighted by molar-refractivity contribution is 6.08. The van der Waals surface area contributed by atoms with Gasteiger partial charge < -0.3 is 16.0 Å². The predicted molar refractivity (Wildman–Crippen MR) is 97.6 cm³/mol. The zero-order valence-corrected chi connectivity index (χ0v) is 14.1. The van der Waals surface area contributed by atoms with Crippen LogP contribution >= 0.6 is 24.8 Å². The molecule has 1 aromatic carbocycles. The van der Waals surface area contributed by atoms with Gasteiger partial charge >= 0.3 is 0 Å². The van der Waals surface area contributed by atoms with Crippen LogP contribution in [0.2, 0.25) is 0 Å². The minimum Gasteiger partial charge on any atom is -0.346 e. The number of rotatable bonds is 3. The molecule has 0 bridgehead atoms. The number of carbonyl (C=O) groups excluding carboxylic acids is 1. The molecule has 122 valence electrons. The van der Waals surface area contributed by atoms with E-state index in [2.05, 4.69) is 15.3 Å². The van der Waals surface area contributed by atoms with Crippen LogP contribution in [0.3, 0.4) is 0 Å². The van der Waals surface area contributed by atoms with E-state index < -0.39 is 0 Å². The number of benzene rings is 1. The highest BCUT2D eigenvalue weighted by Crippen LogP contribution is 2.21. The van der Waals surface area contributed by atoms with Gasteiger partial charge in [-0.1, -0.05) is 12.1 Å². The van der Waals surface area contributed by atoms with Crippen molar-refractivity contribution in [3.63, 3.8) is 0 Å². The van der Waals surface area contributed by atoms with E-state index in [1.165, 1.54) is 0 Å². The summed E-state index contributed by atoms with van der Waals surface area (Å²) in [5.74, 6) is -0.153. The number of aromatic nitrogens is 2. The van der Waals surface area contributed by atoms with Gasteiger partial charge in [-0.05, 0) is 36.8 Å². The molecule has 0 aliphatic carbocycles. The van der Waals surface area contributed by atoms with Crippen molar-refractivity contribution in [1.82, 2.24) is 9.97 Å². The normalized spacial score (nSPS) is 11.2. The summed E-state index contributed by atoms with van der Waals surface area (Å²) in [6, 6.07) is 10.9. The summed E-state index contributed by atoms with van der Waals surface area (Å²) in [5, 5.41) is 3.79. The fraction of sp³-hybridized carbons (Fsp3) is 0.125. The molecule has 1 unspecified atom stereocenters. The van der Waals surface area contributed by atoms with Crippen molar-refractivity contribution in [3.05, 3.63) is 59.9 Å². The Kier molecular flexibility index (Phi) is 6.57. The van der Waals surface area contributed by atoms with Gasteiger partial charge in [0.05, 0.1) is 5.69 Å². The Bertz CT molecular complexity index is 784. The lowest BCUT2D eigenvalue weighted by molar-refractivity contribution is 0.102. The largest absolute Gasteiger partial charge is 0.346 e. The van der Waals surface area contributed by atoms with Crippen LogP contribution in [0.1, 0.15) is 28.9 Å². The lowest BCUT2D eigenvalue weighted by atomic mass is 10.1. The summed E-state index contributed by atoms with van der Waals surface area (Å²) < 4.78 is 0. The lowest BCUT2D eigenvalue weighted by Gasteiger charge is -2.08. The van der Waals surface area contributed by atoms with Crippen LogP contribution < -0.4 is 11.1 Å². The summed E-state index contributed by atoms with van der Waals surface area (Å²) in [5.41, 5.74) is 8.89. The number of nitrogens with one attached hydrogen (secondary N) is 2. The van der Waals surface area contributed by atoms with Crippen LogP contribution in [0.4, 0.5) is 5.69 Å². The van der Waals surface area contributed by atoms with E-state index in [1.807, 2.05) is 25.1 Å². The number of anilines is 1. The molecule has 4 N–H and O–H groups in total. The predicted octanol–water partition coefficient (Wildman–Crippen LogP) is 3.68. The number of halogens is 2. The Labute approximate surface area is 146 Å². The van der Waals surface area contributed by atoms with E-state index in [1.54, 1.807) is 30.6 Å². The van der Waals surface area contributed by atoms with Crippen molar-refractivity contribution in [2.75, 3.05) is 5.32 Å². The molecule has 0 fully saturated rings. The van der Waals surface area contributed by atoms with Gasteiger partial charge in [-0.25, -0.2) is 4.98 Å². The number of nitrogens with zero attached hydrogens (tertiary/aromatic N) is 1. The zero-order valence-electron chi connectivity index (χ0n) is 12.4. The number of aromatic amines is 1. The average Bonchev–Trinajstić information content (AvgIpc) is 2.97. The van der Waals surface area contributed by atoms with Gasteiger partial charge in [-0.3, -0.25) is 4.79 Å². The minimum absolute atomic E-state index is 0. The Morgan fingerprint density at radius 1 is 1.17 bits per heavy atom. The van der Waals surface area contributed by atoms with E-state index in [-0.39, 0.29) is 36.8 Å². The molecule has 3 rings (SSSR count). The van der Waals surface area contributed by atoms with E-state index in [9.17, 15) is 4.79 Å². The first kappa shape index (κ1) is 19.0. The number of hydrogen-bond donors (Lipinski definition) is 3. The summed E-state index contributed by atoms with van der Waals surface area (Å²) >= 11 is 0. The maximum Gasteiger partial charge on any atom is 0.255 e. The van der Waals surface area contributed by atoms with Crippen molar-refractivity contribution < 1.29 is 4.79 Å². The summed E-state index contributed by atoms with van der Waals surface area (Å²) in [6.07, 6.45) is 3.46. The van der Waals surface area contributed by atoms with Crippen molar-refractivity contribution >= 4 is 47.4 Å². The van der Waals surface area contributed by atoms with Crippen LogP contribution in [-0.2, 0) is 0 Å². The smallest absolute Gasteiger partial charge is 0.255 e. The van der Waals surface area contributed by atoms with Gasteiger partial charge in [-0.2, -0.15) is 0 Å². The van der Waals surface area contributed by atoms with Crippen LogP contribution in [0.5, 0.6) is 0 Å². The molecule has 5 nitrogen and oxygen atoms in total. The summed E-state index contributed by atoms with van der Waals surface area (Å²) in [6.45, 7) is 1.91. The summed E-state index contributed by atoms with van der Waals surface area (Å²) in [4.78, 5) is 19.5. The molecule has 2 heterocycles. The zero-order chi connectivity index (χ0) is 14.8. The maximum absolute atomic E-state index is 12.3. The number of H-pyrrole nitrogens is 1. The fourth-order valence-electron chi connectivity index (χ4n) is 2.20. The first-order chi connectivity index (χ1) is 10.1. The Morgan fingerprint density at radius 3 is 2.52 bits per heavy atom. The van der Waals surface area contributed by atoms with Crippen molar-refractivity contribution in [1.29, 1.82) is 0 Å².